The van der Waals surface area contributed by atoms with Crippen LogP contribution in [0, 0.1) is 17.7 Å². The van der Waals surface area contributed by atoms with Gasteiger partial charge in [0.1, 0.15) is 12.1 Å². The second kappa shape index (κ2) is 18.2. The van der Waals surface area contributed by atoms with Gasteiger partial charge >= 0.3 is 18.1 Å². The number of aromatic nitrogens is 5. The first-order valence-electron chi connectivity index (χ1n) is 19.3. The molecule has 3 amide bonds. The molecule has 326 valence electrons. The minimum absolute atomic E-state index is 0.122. The van der Waals surface area contributed by atoms with E-state index in [0.717, 1.165) is 11.1 Å². The highest BCUT2D eigenvalue weighted by Gasteiger charge is 2.38. The van der Waals surface area contributed by atoms with Gasteiger partial charge in [-0.05, 0) is 67.4 Å². The number of carbonyl (C=O) groups is 4. The fourth-order valence-corrected chi connectivity index (χ4v) is 6.85. The normalized spacial score (nSPS) is 16.5. The first-order valence-corrected chi connectivity index (χ1v) is 19.3. The number of carbonyl (C=O) groups excluding carboxylic acids is 3. The zero-order valence-corrected chi connectivity index (χ0v) is 33.5. The number of hydrogen-bond donors (Lipinski definition) is 3. The second-order valence-electron chi connectivity index (χ2n) is 15.8. The Balaban J connectivity index is 0.000000845. The summed E-state index contributed by atoms with van der Waals surface area (Å²) < 4.78 is 83.9. The molecule has 2 saturated heterocycles. The van der Waals surface area contributed by atoms with Gasteiger partial charge in [-0.1, -0.05) is 68.2 Å². The summed E-state index contributed by atoms with van der Waals surface area (Å²) in [6.45, 7) is 5.97. The lowest BCUT2D eigenvalue weighted by Crippen LogP contribution is -2.40. The van der Waals surface area contributed by atoms with E-state index in [2.05, 4.69) is 42.7 Å². The van der Waals surface area contributed by atoms with Gasteiger partial charge in [-0.15, -0.1) is 0 Å². The number of aliphatic carboxylic acids is 1. The number of piperidine rings is 2. The summed E-state index contributed by atoms with van der Waals surface area (Å²) in [5.74, 6) is -2.99. The van der Waals surface area contributed by atoms with Crippen molar-refractivity contribution in [3.63, 3.8) is 0 Å². The molecule has 3 N–H and O–H groups in total. The summed E-state index contributed by atoms with van der Waals surface area (Å²) in [6.07, 6.45) is -0.0554. The average Bonchev–Trinajstić information content (AvgIpc) is 3.89. The van der Waals surface area contributed by atoms with Crippen molar-refractivity contribution in [1.29, 1.82) is 0 Å². The number of nitrogens with one attached hydrogen (secondary N) is 2. The van der Waals surface area contributed by atoms with E-state index in [9.17, 15) is 27.6 Å². The Labute approximate surface area is 350 Å². The number of halogens is 6. The van der Waals surface area contributed by atoms with Gasteiger partial charge in [0.25, 0.3) is 11.7 Å². The van der Waals surface area contributed by atoms with Gasteiger partial charge in [0.2, 0.25) is 17.7 Å². The van der Waals surface area contributed by atoms with Gasteiger partial charge < -0.3 is 14.9 Å². The van der Waals surface area contributed by atoms with Crippen LogP contribution in [0.2, 0.25) is 0 Å². The molecule has 14 nitrogen and oxygen atoms in total. The summed E-state index contributed by atoms with van der Waals surface area (Å²) in [7, 11) is 0. The molecule has 1 unspecified atom stereocenters. The van der Waals surface area contributed by atoms with Crippen LogP contribution in [0.15, 0.2) is 65.6 Å². The highest BCUT2D eigenvalue weighted by Crippen LogP contribution is 2.32. The van der Waals surface area contributed by atoms with Crippen molar-refractivity contribution in [2.45, 2.75) is 82.3 Å². The Bertz CT molecular complexity index is 2530. The highest BCUT2D eigenvalue weighted by molar-refractivity contribution is 6.01. The maximum absolute atomic E-state index is 15.2. The standard InChI is InChI=1S/C40H39F3N8O4.C2HF3O2/c1-39(2,3)38-48-35(49-55-38)37(54)44-20-29-9-8-28(19-31(29)41)34-32-18-24(21-51(32)46-23-45-34)12-15-40(42,43)22-50-16-13-26(14-17-50)25-4-6-27(7-5-25)30-10-11-33(52)47-36(30)53;3-2(4,5)1(6)7/h4-9,18-19,21,23,26,30H,10-11,13-14,16-17,20,22H2,1-3H3,(H,44,54)(H,47,52,53);(H,6,7). The predicted octanol–water partition coefficient (Wildman–Crippen LogP) is 6.17. The van der Waals surface area contributed by atoms with E-state index in [1.165, 1.54) is 29.2 Å². The minimum atomic E-state index is -5.08. The van der Waals surface area contributed by atoms with Crippen molar-refractivity contribution >= 4 is 29.2 Å². The molecule has 0 saturated carbocycles. The van der Waals surface area contributed by atoms with E-state index in [-0.39, 0.29) is 41.6 Å². The van der Waals surface area contributed by atoms with Crippen molar-refractivity contribution in [3.8, 4) is 23.1 Å². The summed E-state index contributed by atoms with van der Waals surface area (Å²) in [5, 5.41) is 20.0. The van der Waals surface area contributed by atoms with Gasteiger partial charge in [0.15, 0.2) is 0 Å². The Morgan fingerprint density at radius 1 is 0.984 bits per heavy atom. The largest absolute Gasteiger partial charge is 0.490 e. The number of carboxylic acids is 1. The van der Waals surface area contributed by atoms with Crippen LogP contribution in [0.4, 0.5) is 26.3 Å². The number of benzene rings is 2. The zero-order chi connectivity index (χ0) is 45.0. The molecule has 2 aliphatic rings. The molecular formula is C42H40F6N8O6. The van der Waals surface area contributed by atoms with E-state index in [1.807, 2.05) is 45.0 Å². The van der Waals surface area contributed by atoms with Gasteiger partial charge in [-0.2, -0.15) is 32.0 Å². The van der Waals surface area contributed by atoms with Gasteiger partial charge in [0.05, 0.1) is 23.7 Å². The number of fused-ring (bicyclic) bond motifs is 1. The van der Waals surface area contributed by atoms with Gasteiger partial charge in [0, 0.05) is 41.3 Å². The first-order chi connectivity index (χ1) is 29.2. The molecular weight excluding hydrogens is 827 g/mol. The molecule has 0 radical (unpaired) electrons. The van der Waals surface area contributed by atoms with Crippen molar-refractivity contribution in [2.75, 3.05) is 19.6 Å². The number of amides is 3. The molecule has 0 bridgehead atoms. The fraction of sp³-hybridized carbons (Fsp3) is 0.381. The number of hydrogen-bond acceptors (Lipinski definition) is 10. The molecule has 62 heavy (non-hydrogen) atoms. The summed E-state index contributed by atoms with van der Waals surface area (Å²) in [6, 6.07) is 13.9. The lowest BCUT2D eigenvalue weighted by molar-refractivity contribution is -0.192. The number of nitrogens with zero attached hydrogens (tertiary/aromatic N) is 6. The predicted molar refractivity (Wildman–Crippen MR) is 208 cm³/mol. The highest BCUT2D eigenvalue weighted by atomic mass is 19.4. The van der Waals surface area contributed by atoms with E-state index in [1.54, 1.807) is 17.0 Å². The third-order valence-electron chi connectivity index (χ3n) is 10.1. The quantitative estimate of drug-likeness (QED) is 0.0922. The number of alkyl halides is 5. The Morgan fingerprint density at radius 3 is 2.27 bits per heavy atom. The van der Waals surface area contributed by atoms with Crippen LogP contribution in [0.3, 0.4) is 0 Å². The van der Waals surface area contributed by atoms with Crippen molar-refractivity contribution < 1.29 is 55.2 Å². The van der Waals surface area contributed by atoms with Crippen LogP contribution in [-0.2, 0) is 26.3 Å². The molecule has 2 aliphatic heterocycles. The smallest absolute Gasteiger partial charge is 0.475 e. The Morgan fingerprint density at radius 2 is 1.66 bits per heavy atom. The molecule has 7 rings (SSSR count). The molecule has 2 fully saturated rings. The van der Waals surface area contributed by atoms with Crippen LogP contribution in [0.1, 0.15) is 97.1 Å². The Hall–Kier alpha value is -6.62. The monoisotopic (exact) mass is 866 g/mol. The zero-order valence-electron chi connectivity index (χ0n) is 33.5. The number of likely N-dealkylation sites (tertiary alicyclic amines) is 1. The van der Waals surface area contributed by atoms with Crippen LogP contribution in [0.5, 0.6) is 0 Å². The molecule has 5 heterocycles. The molecule has 3 aromatic heterocycles. The summed E-state index contributed by atoms with van der Waals surface area (Å²) >= 11 is 0. The van der Waals surface area contributed by atoms with E-state index < -0.39 is 41.8 Å². The average molecular weight is 867 g/mol. The second-order valence-corrected chi connectivity index (χ2v) is 15.8. The number of imide groups is 1. The third-order valence-corrected chi connectivity index (χ3v) is 10.1. The lowest BCUT2D eigenvalue weighted by atomic mass is 9.86. The molecule has 0 aliphatic carbocycles. The van der Waals surface area contributed by atoms with E-state index in [0.29, 0.717) is 67.0 Å². The minimum Gasteiger partial charge on any atom is -0.475 e. The van der Waals surface area contributed by atoms with Crippen LogP contribution >= 0.6 is 0 Å². The van der Waals surface area contributed by atoms with Crippen LogP contribution in [-0.4, -0.2) is 90.2 Å². The van der Waals surface area contributed by atoms with Gasteiger partial charge in [-0.25, -0.2) is 18.7 Å². The summed E-state index contributed by atoms with van der Waals surface area (Å²) in [4.78, 5) is 55.3. The summed E-state index contributed by atoms with van der Waals surface area (Å²) in [5.41, 5.74) is 3.30. The van der Waals surface area contributed by atoms with Crippen LogP contribution in [0.25, 0.3) is 16.8 Å². The van der Waals surface area contributed by atoms with Crippen LogP contribution < -0.4 is 10.6 Å². The van der Waals surface area contributed by atoms with Gasteiger partial charge in [-0.3, -0.25) is 24.6 Å². The Kier molecular flexibility index (Phi) is 13.2. The van der Waals surface area contributed by atoms with E-state index in [4.69, 9.17) is 14.4 Å². The molecule has 1 atom stereocenters. The topological polar surface area (TPSA) is 185 Å². The van der Waals surface area contributed by atoms with Crippen molar-refractivity contribution in [1.82, 2.24) is 40.3 Å². The number of rotatable bonds is 8. The third kappa shape index (κ3) is 11.2. The molecule has 0 spiro atoms. The fourth-order valence-electron chi connectivity index (χ4n) is 6.85. The first kappa shape index (κ1) is 44.9. The number of carboxylic acid groups (broad SMARTS) is 1. The molecule has 20 heteroatoms. The molecule has 5 aromatic rings. The maximum atomic E-state index is 15.2. The SMILES string of the molecule is CC(C)(C)c1nc(C(=O)NCc2ccc(-c3ncnn4cc(C#CC(F)(F)CN5CCC(c6ccc(C7CCC(=O)NC7=O)cc6)CC5)cc34)cc2F)no1.O=C(O)C(F)(F)F. The molecule has 2 aromatic carbocycles. The van der Waals surface area contributed by atoms with E-state index >= 15 is 13.2 Å². The van der Waals surface area contributed by atoms with Crippen molar-refractivity contribution in [2.24, 2.45) is 0 Å². The lowest BCUT2D eigenvalue weighted by Gasteiger charge is -2.33. The maximum Gasteiger partial charge on any atom is 0.490 e. The van der Waals surface area contributed by atoms with Crippen molar-refractivity contribution in [3.05, 3.63) is 101 Å².